The van der Waals surface area contributed by atoms with Gasteiger partial charge in [-0.25, -0.2) is 0 Å². The molecule has 1 aromatic rings. The van der Waals surface area contributed by atoms with Gasteiger partial charge in [0.1, 0.15) is 0 Å². The molecule has 3 aliphatic carbocycles. The van der Waals surface area contributed by atoms with E-state index in [0.29, 0.717) is 19.3 Å². The fourth-order valence-corrected chi connectivity index (χ4v) is 3.72. The van der Waals surface area contributed by atoms with Gasteiger partial charge in [0.15, 0.2) is 0 Å². The highest BCUT2D eigenvalue weighted by atomic mass is 19.4. The number of hydrogen-bond donors (Lipinski definition) is 3. The number of amides is 1. The van der Waals surface area contributed by atoms with Crippen LogP contribution in [0.2, 0.25) is 0 Å². The van der Waals surface area contributed by atoms with Crippen molar-refractivity contribution in [1.82, 2.24) is 0 Å². The highest BCUT2D eigenvalue weighted by Crippen LogP contribution is 2.52. The van der Waals surface area contributed by atoms with Gasteiger partial charge in [0.2, 0.25) is 5.91 Å². The monoisotopic (exact) mass is 327 g/mol. The van der Waals surface area contributed by atoms with Crippen LogP contribution >= 0.6 is 0 Å². The Kier molecular flexibility index (Phi) is 3.59. The van der Waals surface area contributed by atoms with Crippen molar-refractivity contribution in [3.8, 4) is 0 Å². The standard InChI is InChI=1S/C16H20F3N3O/c17-16(18,19)11-9-10(20)1-2-12(11)22-13(23)14-3-6-15(21,7-4-14)8-5-14/h1-2,9H,3-8,20-21H2,(H,22,23). The predicted molar refractivity (Wildman–Crippen MR) is 81.5 cm³/mol. The van der Waals surface area contributed by atoms with Crippen LogP contribution in [0.25, 0.3) is 0 Å². The molecule has 5 N–H and O–H groups in total. The molecule has 126 valence electrons. The third-order valence-electron chi connectivity index (χ3n) is 5.38. The number of carbonyl (C=O) groups is 1. The maximum Gasteiger partial charge on any atom is 0.418 e. The molecule has 3 saturated carbocycles. The van der Waals surface area contributed by atoms with E-state index in [9.17, 15) is 18.0 Å². The zero-order valence-electron chi connectivity index (χ0n) is 12.7. The van der Waals surface area contributed by atoms with Crippen molar-refractivity contribution in [3.63, 3.8) is 0 Å². The second-order valence-corrected chi connectivity index (χ2v) is 6.90. The van der Waals surface area contributed by atoms with Gasteiger partial charge < -0.3 is 16.8 Å². The zero-order valence-corrected chi connectivity index (χ0v) is 12.7. The smallest absolute Gasteiger partial charge is 0.399 e. The van der Waals surface area contributed by atoms with Crippen LogP contribution in [-0.2, 0) is 11.0 Å². The van der Waals surface area contributed by atoms with Crippen molar-refractivity contribution >= 4 is 17.3 Å². The summed E-state index contributed by atoms with van der Waals surface area (Å²) in [5, 5.41) is 2.49. The second-order valence-electron chi connectivity index (χ2n) is 6.90. The van der Waals surface area contributed by atoms with Crippen LogP contribution in [0.15, 0.2) is 18.2 Å². The molecule has 3 aliphatic rings. The highest BCUT2D eigenvalue weighted by molar-refractivity contribution is 5.96. The Balaban J connectivity index is 1.84. The number of anilines is 2. The molecule has 0 unspecified atom stereocenters. The Labute approximate surface area is 132 Å². The molecule has 1 aromatic carbocycles. The molecule has 0 aromatic heterocycles. The second kappa shape index (κ2) is 5.12. The van der Waals surface area contributed by atoms with Gasteiger partial charge >= 0.3 is 6.18 Å². The van der Waals surface area contributed by atoms with E-state index in [2.05, 4.69) is 5.32 Å². The van der Waals surface area contributed by atoms with Crippen molar-refractivity contribution in [2.45, 2.75) is 50.2 Å². The fourth-order valence-electron chi connectivity index (χ4n) is 3.72. The lowest BCUT2D eigenvalue weighted by Gasteiger charge is -2.50. The first-order valence-corrected chi connectivity index (χ1v) is 7.71. The Morgan fingerprint density at radius 1 is 1.09 bits per heavy atom. The molecule has 0 aliphatic heterocycles. The average Bonchev–Trinajstić information content (AvgIpc) is 2.49. The molecule has 3 fully saturated rings. The number of halogens is 3. The minimum absolute atomic E-state index is 0.0109. The summed E-state index contributed by atoms with van der Waals surface area (Å²) < 4.78 is 39.4. The van der Waals surface area contributed by atoms with Gasteiger partial charge in [-0.2, -0.15) is 13.2 Å². The van der Waals surface area contributed by atoms with Crippen LogP contribution in [-0.4, -0.2) is 11.4 Å². The van der Waals surface area contributed by atoms with Crippen molar-refractivity contribution in [2.75, 3.05) is 11.1 Å². The first kappa shape index (κ1) is 16.1. The van der Waals surface area contributed by atoms with E-state index < -0.39 is 17.2 Å². The summed E-state index contributed by atoms with van der Waals surface area (Å²) >= 11 is 0. The van der Waals surface area contributed by atoms with Gasteiger partial charge in [0.05, 0.1) is 11.3 Å². The molecule has 2 bridgehead atoms. The first-order valence-electron chi connectivity index (χ1n) is 7.71. The van der Waals surface area contributed by atoms with E-state index in [1.165, 1.54) is 12.1 Å². The molecular weight excluding hydrogens is 307 g/mol. The summed E-state index contributed by atoms with van der Waals surface area (Å²) in [5.74, 6) is -0.338. The summed E-state index contributed by atoms with van der Waals surface area (Å²) in [6.45, 7) is 0. The number of carbonyl (C=O) groups excluding carboxylic acids is 1. The molecule has 0 radical (unpaired) electrons. The topological polar surface area (TPSA) is 81.1 Å². The van der Waals surface area contributed by atoms with Crippen molar-refractivity contribution in [1.29, 1.82) is 0 Å². The molecule has 4 nitrogen and oxygen atoms in total. The van der Waals surface area contributed by atoms with Crippen LogP contribution < -0.4 is 16.8 Å². The van der Waals surface area contributed by atoms with E-state index in [-0.39, 0.29) is 22.8 Å². The molecular formula is C16H20F3N3O. The Morgan fingerprint density at radius 2 is 1.65 bits per heavy atom. The Morgan fingerprint density at radius 3 is 2.17 bits per heavy atom. The lowest BCUT2D eigenvalue weighted by atomic mass is 9.57. The lowest BCUT2D eigenvalue weighted by Crippen LogP contribution is -2.55. The minimum atomic E-state index is -4.57. The molecule has 0 spiro atoms. The van der Waals surface area contributed by atoms with Crippen LogP contribution in [0.4, 0.5) is 24.5 Å². The number of nitrogens with one attached hydrogen (secondary N) is 1. The first-order chi connectivity index (χ1) is 10.6. The SMILES string of the molecule is Nc1ccc(NC(=O)C23CCC(N)(CC2)CC3)c(C(F)(F)F)c1. The normalized spacial score (nSPS) is 30.3. The highest BCUT2D eigenvalue weighted by Gasteiger charge is 2.51. The fraction of sp³-hybridized carbons (Fsp3) is 0.562. The van der Waals surface area contributed by atoms with Crippen molar-refractivity contribution in [3.05, 3.63) is 23.8 Å². The van der Waals surface area contributed by atoms with E-state index >= 15 is 0 Å². The Bertz CT molecular complexity index is 617. The van der Waals surface area contributed by atoms with Crippen LogP contribution in [0.5, 0.6) is 0 Å². The van der Waals surface area contributed by atoms with E-state index in [4.69, 9.17) is 11.5 Å². The molecule has 23 heavy (non-hydrogen) atoms. The van der Waals surface area contributed by atoms with E-state index in [0.717, 1.165) is 25.3 Å². The number of rotatable bonds is 2. The maximum atomic E-state index is 13.1. The molecule has 1 amide bonds. The van der Waals surface area contributed by atoms with E-state index in [1.807, 2.05) is 0 Å². The molecule has 7 heteroatoms. The third kappa shape index (κ3) is 2.89. The lowest BCUT2D eigenvalue weighted by molar-refractivity contribution is -0.137. The van der Waals surface area contributed by atoms with E-state index in [1.54, 1.807) is 0 Å². The average molecular weight is 327 g/mol. The van der Waals surface area contributed by atoms with Gasteiger partial charge in [0, 0.05) is 16.6 Å². The van der Waals surface area contributed by atoms with Crippen molar-refractivity contribution in [2.24, 2.45) is 11.1 Å². The minimum Gasteiger partial charge on any atom is -0.399 e. The summed E-state index contributed by atoms with van der Waals surface area (Å²) in [5.41, 5.74) is 9.73. The zero-order chi connectivity index (χ0) is 16.9. The number of hydrogen-bond acceptors (Lipinski definition) is 3. The summed E-state index contributed by atoms with van der Waals surface area (Å²) in [6.07, 6.45) is -0.443. The number of alkyl halides is 3. The largest absolute Gasteiger partial charge is 0.418 e. The third-order valence-corrected chi connectivity index (χ3v) is 5.38. The predicted octanol–water partition coefficient (Wildman–Crippen LogP) is 3.28. The summed E-state index contributed by atoms with van der Waals surface area (Å²) in [4.78, 5) is 12.7. The molecule has 4 rings (SSSR count). The van der Waals surface area contributed by atoms with Crippen LogP contribution in [0.3, 0.4) is 0 Å². The number of nitrogen functional groups attached to an aromatic ring is 1. The summed E-state index contributed by atoms with van der Waals surface area (Å²) in [6, 6.07) is 3.42. The van der Waals surface area contributed by atoms with Gasteiger partial charge in [-0.15, -0.1) is 0 Å². The summed E-state index contributed by atoms with van der Waals surface area (Å²) in [7, 11) is 0. The van der Waals surface area contributed by atoms with Gasteiger partial charge in [-0.05, 0) is 56.7 Å². The number of fused-ring (bicyclic) bond motifs is 3. The number of nitrogens with two attached hydrogens (primary N) is 2. The number of benzene rings is 1. The van der Waals surface area contributed by atoms with Gasteiger partial charge in [-0.3, -0.25) is 4.79 Å². The Hall–Kier alpha value is -1.76. The maximum absolute atomic E-state index is 13.1. The molecule has 0 atom stereocenters. The van der Waals surface area contributed by atoms with Gasteiger partial charge in [-0.1, -0.05) is 0 Å². The van der Waals surface area contributed by atoms with Crippen LogP contribution in [0.1, 0.15) is 44.1 Å². The quantitative estimate of drug-likeness (QED) is 0.729. The van der Waals surface area contributed by atoms with Crippen LogP contribution in [0, 0.1) is 5.41 Å². The van der Waals surface area contributed by atoms with Gasteiger partial charge in [0.25, 0.3) is 0 Å². The van der Waals surface area contributed by atoms with Crippen molar-refractivity contribution < 1.29 is 18.0 Å². The molecule has 0 heterocycles. The molecule has 0 saturated heterocycles.